The topological polar surface area (TPSA) is 73.8 Å². The summed E-state index contributed by atoms with van der Waals surface area (Å²) in [6.07, 6.45) is 0.877. The summed E-state index contributed by atoms with van der Waals surface area (Å²) < 4.78 is 34.0. The fourth-order valence-electron chi connectivity index (χ4n) is 3.23. The number of carbonyl (C=O) groups is 1. The Morgan fingerprint density at radius 1 is 1.21 bits per heavy atom. The van der Waals surface area contributed by atoms with Crippen molar-refractivity contribution in [3.8, 4) is 0 Å². The molecule has 0 atom stereocenters. The summed E-state index contributed by atoms with van der Waals surface area (Å²) in [5, 5.41) is 0. The number of nitrogens with zero attached hydrogens (tertiary/aromatic N) is 3. The van der Waals surface area contributed by atoms with Crippen LogP contribution in [0.1, 0.15) is 75.7 Å². The highest BCUT2D eigenvalue weighted by Crippen LogP contribution is 2.36. The fourth-order valence-corrected chi connectivity index (χ4v) is 3.23. The molecule has 0 aliphatic carbocycles. The number of carbonyl (C=O) groups excluding carboxylic acids is 1. The second-order valence-electron chi connectivity index (χ2n) is 9.55. The Kier molecular flexibility index (Phi) is 4.79. The Bertz CT molecular complexity index is 805. The van der Waals surface area contributed by atoms with Crippen molar-refractivity contribution < 1.29 is 21.6 Å². The van der Waals surface area contributed by atoms with Crippen molar-refractivity contribution in [1.29, 1.82) is 0 Å². The first-order valence-corrected chi connectivity index (χ1v) is 9.89. The average molecular weight is 391 g/mol. The van der Waals surface area contributed by atoms with E-state index in [1.807, 2.05) is 48.5 Å². The second kappa shape index (κ2) is 7.30. The number of piperidine rings is 1. The van der Waals surface area contributed by atoms with Crippen LogP contribution in [0.3, 0.4) is 0 Å². The maximum Gasteiger partial charge on any atom is 0.516 e. The van der Waals surface area contributed by atoms with Gasteiger partial charge in [0.15, 0.2) is 0 Å². The quantitative estimate of drug-likeness (QED) is 0.722. The van der Waals surface area contributed by atoms with Crippen LogP contribution in [-0.2, 0) is 14.0 Å². The van der Waals surface area contributed by atoms with Gasteiger partial charge in [-0.05, 0) is 61.3 Å². The number of amides is 1. The Balaban J connectivity index is 1.75. The first kappa shape index (κ1) is 18.4. The molecule has 0 unspecified atom stereocenters. The number of rotatable bonds is 2. The van der Waals surface area contributed by atoms with E-state index in [2.05, 4.69) is 9.97 Å². The lowest BCUT2D eigenvalue weighted by atomic mass is 9.84. The van der Waals surface area contributed by atoms with Crippen molar-refractivity contribution in [3.05, 3.63) is 18.0 Å². The van der Waals surface area contributed by atoms with Gasteiger partial charge in [-0.25, -0.2) is 4.79 Å². The highest BCUT2D eigenvalue weighted by molar-refractivity contribution is 6.61. The van der Waals surface area contributed by atoms with E-state index >= 15 is 0 Å². The molecule has 7 nitrogen and oxygen atoms in total. The lowest BCUT2D eigenvalue weighted by Gasteiger charge is -2.33. The highest BCUT2D eigenvalue weighted by Gasteiger charge is 2.52. The summed E-state index contributed by atoms with van der Waals surface area (Å²) in [5.41, 5.74) is -0.807. The smallest absolute Gasteiger partial charge is 0.444 e. The average Bonchev–Trinajstić information content (AvgIpc) is 2.81. The molecule has 154 valence electrons. The minimum absolute atomic E-state index is 0.00372. The molecule has 0 aromatic carbocycles. The van der Waals surface area contributed by atoms with Crippen LogP contribution < -0.4 is 5.59 Å². The van der Waals surface area contributed by atoms with Gasteiger partial charge >= 0.3 is 13.2 Å². The van der Waals surface area contributed by atoms with Crippen LogP contribution in [0.4, 0.5) is 4.79 Å². The molecular formula is C20H32BN3O4. The molecule has 2 saturated heterocycles. The highest BCUT2D eigenvalue weighted by atomic mass is 16.7. The van der Waals surface area contributed by atoms with Gasteiger partial charge in [-0.2, -0.15) is 0 Å². The van der Waals surface area contributed by atoms with Gasteiger partial charge in [0, 0.05) is 31.4 Å². The third-order valence-electron chi connectivity index (χ3n) is 5.59. The Morgan fingerprint density at radius 3 is 2.32 bits per heavy atom. The number of hydrogen-bond donors (Lipinski definition) is 0. The van der Waals surface area contributed by atoms with E-state index in [1.54, 1.807) is 4.90 Å². The van der Waals surface area contributed by atoms with Crippen LogP contribution >= 0.6 is 0 Å². The van der Waals surface area contributed by atoms with Gasteiger partial charge in [-0.1, -0.05) is 0 Å². The predicted molar refractivity (Wildman–Crippen MR) is 108 cm³/mol. The first-order chi connectivity index (χ1) is 13.7. The minimum atomic E-state index is -0.795. The summed E-state index contributed by atoms with van der Waals surface area (Å²) in [4.78, 5) is 22.7. The van der Waals surface area contributed by atoms with Crippen molar-refractivity contribution in [2.45, 2.75) is 84.0 Å². The van der Waals surface area contributed by atoms with Gasteiger partial charge in [0.25, 0.3) is 0 Å². The summed E-state index contributed by atoms with van der Waals surface area (Å²) in [6.45, 7) is 14.3. The second-order valence-corrected chi connectivity index (χ2v) is 9.55. The molecule has 0 bridgehead atoms. The molecule has 1 aromatic heterocycles. The van der Waals surface area contributed by atoms with Crippen LogP contribution in [0, 0.1) is 0 Å². The molecule has 0 N–H and O–H groups in total. The van der Waals surface area contributed by atoms with Crippen LogP contribution in [0.2, 0.25) is 0 Å². The van der Waals surface area contributed by atoms with E-state index in [-0.39, 0.29) is 24.4 Å². The Morgan fingerprint density at radius 2 is 1.79 bits per heavy atom. The van der Waals surface area contributed by atoms with Gasteiger partial charge in [0.2, 0.25) is 0 Å². The largest absolute Gasteiger partial charge is 0.516 e. The summed E-state index contributed by atoms with van der Waals surface area (Å²) in [5.74, 6) is -0.0227. The van der Waals surface area contributed by atoms with Crippen molar-refractivity contribution in [2.75, 3.05) is 13.1 Å². The third kappa shape index (κ3) is 4.49. The zero-order valence-corrected chi connectivity index (χ0v) is 18.0. The van der Waals surface area contributed by atoms with Crippen molar-refractivity contribution in [1.82, 2.24) is 14.9 Å². The van der Waals surface area contributed by atoms with Gasteiger partial charge in [-0.15, -0.1) is 0 Å². The van der Waals surface area contributed by atoms with Crippen molar-refractivity contribution in [3.63, 3.8) is 0 Å². The normalized spacial score (nSPS) is 23.4. The molecule has 3 rings (SSSR count). The van der Waals surface area contributed by atoms with E-state index in [4.69, 9.17) is 16.8 Å². The molecule has 3 heterocycles. The van der Waals surface area contributed by atoms with E-state index in [0.29, 0.717) is 37.2 Å². The molecule has 0 spiro atoms. The van der Waals surface area contributed by atoms with Crippen LogP contribution in [-0.4, -0.2) is 58.0 Å². The molecule has 8 heteroatoms. The van der Waals surface area contributed by atoms with Crippen LogP contribution in [0.15, 0.2) is 12.3 Å². The van der Waals surface area contributed by atoms with Gasteiger partial charge in [0.05, 0.1) is 25.2 Å². The van der Waals surface area contributed by atoms with Gasteiger partial charge in [0.1, 0.15) is 5.60 Å². The van der Waals surface area contributed by atoms with Crippen molar-refractivity contribution in [2.24, 2.45) is 0 Å². The van der Waals surface area contributed by atoms with Gasteiger partial charge < -0.3 is 18.9 Å². The van der Waals surface area contributed by atoms with E-state index in [0.717, 1.165) is 0 Å². The zero-order chi connectivity index (χ0) is 22.5. The number of hydrogen-bond acceptors (Lipinski definition) is 6. The molecule has 1 amide bonds. The van der Waals surface area contributed by atoms with E-state index in [1.165, 1.54) is 0 Å². The van der Waals surface area contributed by atoms with Crippen LogP contribution in [0.5, 0.6) is 0 Å². The fraction of sp³-hybridized carbons (Fsp3) is 0.750. The molecular weight excluding hydrogens is 357 g/mol. The summed E-state index contributed by atoms with van der Waals surface area (Å²) in [6, 6.07) is 0. The van der Waals surface area contributed by atoms with E-state index < -0.39 is 23.9 Å². The molecule has 28 heavy (non-hydrogen) atoms. The Hall–Kier alpha value is -1.67. The molecule has 0 saturated carbocycles. The van der Waals surface area contributed by atoms with Crippen LogP contribution in [0.25, 0.3) is 0 Å². The lowest BCUT2D eigenvalue weighted by Crippen LogP contribution is -2.42. The summed E-state index contributed by atoms with van der Waals surface area (Å²) >= 11 is 0. The molecule has 0 radical (unpaired) electrons. The number of ether oxygens (including phenoxy) is 1. The molecule has 2 aliphatic rings. The molecule has 2 aliphatic heterocycles. The monoisotopic (exact) mass is 391 g/mol. The van der Waals surface area contributed by atoms with E-state index in [9.17, 15) is 4.79 Å². The number of likely N-dealkylation sites (tertiary alicyclic amines) is 1. The minimum Gasteiger partial charge on any atom is -0.444 e. The van der Waals surface area contributed by atoms with Crippen molar-refractivity contribution >= 4 is 18.8 Å². The standard InChI is InChI=1S/C20H32BN3O4/c1-18(2,3)26-17(25)24-10-8-14(9-11-24)15-12-22-13-16(23-15)21-27-19(4,5)20(6,7)28-21/h12-14H,8-11H2,1-7H3/i12D,13D. The third-order valence-corrected chi connectivity index (χ3v) is 5.59. The molecule has 2 fully saturated rings. The SMILES string of the molecule is [2H]c1nc([2H])c(C2CCN(C(=O)OC(C)(C)C)CC2)nc1B1OC(C)(C)C(C)(C)O1. The zero-order valence-electron chi connectivity index (χ0n) is 20.0. The first-order valence-electron chi connectivity index (χ1n) is 10.9. The maximum atomic E-state index is 12.3. The Labute approximate surface area is 171 Å². The predicted octanol–water partition coefficient (Wildman–Crippen LogP) is 2.89. The van der Waals surface area contributed by atoms with Gasteiger partial charge in [-0.3, -0.25) is 9.97 Å². The number of aromatic nitrogens is 2. The maximum absolute atomic E-state index is 12.3. The molecule has 1 aromatic rings. The summed E-state index contributed by atoms with van der Waals surface area (Å²) in [7, 11) is -0.795. The lowest BCUT2D eigenvalue weighted by molar-refractivity contribution is 0.00578.